The van der Waals surface area contributed by atoms with E-state index in [9.17, 15) is 0 Å². The van der Waals surface area contributed by atoms with Gasteiger partial charge in [0.1, 0.15) is 6.17 Å². The fourth-order valence-electron chi connectivity index (χ4n) is 2.27. The van der Waals surface area contributed by atoms with E-state index in [-0.39, 0.29) is 0 Å². The Kier molecular flexibility index (Phi) is 2.01. The molecular weight excluding hydrogens is 196 g/mol. The molecule has 0 saturated carbocycles. The van der Waals surface area contributed by atoms with Crippen LogP contribution in [0.1, 0.15) is 24.6 Å². The van der Waals surface area contributed by atoms with Crippen LogP contribution >= 0.6 is 11.6 Å². The van der Waals surface area contributed by atoms with Gasteiger partial charge in [0.05, 0.1) is 0 Å². The smallest absolute Gasteiger partial charge is 0.115 e. The van der Waals surface area contributed by atoms with Gasteiger partial charge >= 0.3 is 0 Å². The zero-order chi connectivity index (χ0) is 9.54. The van der Waals surface area contributed by atoms with Crippen LogP contribution in [-0.2, 0) is 0 Å². The fraction of sp³-hybridized carbons (Fsp3) is 0.455. The van der Waals surface area contributed by atoms with E-state index >= 15 is 0 Å². The zero-order valence-electron chi connectivity index (χ0n) is 7.99. The topological polar surface area (TPSA) is 6.02 Å². The highest BCUT2D eigenvalue weighted by Gasteiger charge is 2.46. The van der Waals surface area contributed by atoms with Crippen LogP contribution in [0.15, 0.2) is 24.3 Å². The van der Waals surface area contributed by atoms with E-state index in [0.717, 1.165) is 5.02 Å². The predicted molar refractivity (Wildman–Crippen MR) is 56.8 cm³/mol. The first kappa shape index (κ1) is 8.72. The summed E-state index contributed by atoms with van der Waals surface area (Å²) in [4.78, 5) is 0. The second-order valence-electron chi connectivity index (χ2n) is 3.96. The molecule has 2 aliphatic heterocycles. The third kappa shape index (κ3) is 1.34. The first-order valence-corrected chi connectivity index (χ1v) is 5.53. The molecule has 2 saturated heterocycles. The van der Waals surface area contributed by atoms with Gasteiger partial charge in [0.2, 0.25) is 0 Å². The van der Waals surface area contributed by atoms with Crippen LogP contribution in [0.25, 0.3) is 0 Å². The van der Waals surface area contributed by atoms with E-state index in [2.05, 4.69) is 22.2 Å². The minimum Gasteiger partial charge on any atom is -0.217 e. The molecule has 3 heteroatoms. The van der Waals surface area contributed by atoms with Crippen LogP contribution in [0.2, 0.25) is 5.02 Å². The van der Waals surface area contributed by atoms with E-state index in [4.69, 9.17) is 11.6 Å². The lowest BCUT2D eigenvalue weighted by Crippen LogP contribution is -2.16. The highest BCUT2D eigenvalue weighted by Crippen LogP contribution is 2.43. The van der Waals surface area contributed by atoms with Gasteiger partial charge in [0, 0.05) is 18.1 Å². The molecule has 3 rings (SSSR count). The molecule has 0 amide bonds. The molecule has 0 aromatic heterocycles. The van der Waals surface area contributed by atoms with Crippen molar-refractivity contribution in [2.24, 2.45) is 0 Å². The van der Waals surface area contributed by atoms with Crippen LogP contribution in [-0.4, -0.2) is 23.1 Å². The molecule has 14 heavy (non-hydrogen) atoms. The van der Waals surface area contributed by atoms with Crippen LogP contribution in [0, 0.1) is 0 Å². The number of fused-ring (bicyclic) bond motifs is 1. The maximum absolute atomic E-state index is 5.86. The van der Waals surface area contributed by atoms with Crippen molar-refractivity contribution in [1.29, 1.82) is 0 Å². The summed E-state index contributed by atoms with van der Waals surface area (Å²) < 4.78 is 0. The summed E-state index contributed by atoms with van der Waals surface area (Å²) >= 11 is 5.86. The normalized spacial score (nSPS) is 35.1. The Balaban J connectivity index is 1.81. The van der Waals surface area contributed by atoms with Gasteiger partial charge < -0.3 is 0 Å². The number of nitrogens with zero attached hydrogens (tertiary/aromatic N) is 2. The molecule has 74 valence electrons. The minimum atomic E-state index is 0.537. The first-order valence-electron chi connectivity index (χ1n) is 5.15. The zero-order valence-corrected chi connectivity index (χ0v) is 8.74. The molecule has 1 aromatic rings. The molecule has 0 spiro atoms. The Bertz CT molecular complexity index is 324. The average molecular weight is 209 g/mol. The van der Waals surface area contributed by atoms with E-state index in [1.165, 1.54) is 31.5 Å². The van der Waals surface area contributed by atoms with Crippen LogP contribution in [0.4, 0.5) is 0 Å². The molecule has 2 atom stereocenters. The summed E-state index contributed by atoms with van der Waals surface area (Å²) in [7, 11) is 0. The molecular formula is C11H13ClN2. The summed E-state index contributed by atoms with van der Waals surface area (Å²) in [5.74, 6) is 0. The molecule has 2 unspecified atom stereocenters. The largest absolute Gasteiger partial charge is 0.217 e. The number of hydrazine groups is 1. The molecule has 2 aliphatic rings. The van der Waals surface area contributed by atoms with Crippen molar-refractivity contribution in [3.05, 3.63) is 34.9 Å². The van der Waals surface area contributed by atoms with Crippen molar-refractivity contribution in [1.82, 2.24) is 10.0 Å². The lowest BCUT2D eigenvalue weighted by atomic mass is 10.2. The lowest BCUT2D eigenvalue weighted by molar-refractivity contribution is 0.252. The number of benzene rings is 1. The highest BCUT2D eigenvalue weighted by atomic mass is 35.5. The lowest BCUT2D eigenvalue weighted by Gasteiger charge is -2.09. The molecule has 0 N–H and O–H groups in total. The quantitative estimate of drug-likeness (QED) is 0.655. The summed E-state index contributed by atoms with van der Waals surface area (Å²) in [6.45, 7) is 2.43. The predicted octanol–water partition coefficient (Wildman–Crippen LogP) is 2.67. The molecule has 0 radical (unpaired) electrons. The van der Waals surface area contributed by atoms with Gasteiger partial charge in [0.25, 0.3) is 0 Å². The third-order valence-electron chi connectivity index (χ3n) is 3.03. The summed E-state index contributed by atoms with van der Waals surface area (Å²) in [6, 6.07) is 8.21. The van der Waals surface area contributed by atoms with Gasteiger partial charge in [-0.2, -0.15) is 0 Å². The monoisotopic (exact) mass is 208 g/mol. The molecule has 2 heterocycles. The molecule has 2 fully saturated rings. The number of rotatable bonds is 1. The number of hydrogen-bond acceptors (Lipinski definition) is 2. The van der Waals surface area contributed by atoms with Crippen LogP contribution in [0.3, 0.4) is 0 Å². The van der Waals surface area contributed by atoms with E-state index in [1.54, 1.807) is 0 Å². The van der Waals surface area contributed by atoms with E-state index in [0.29, 0.717) is 6.17 Å². The van der Waals surface area contributed by atoms with Crippen molar-refractivity contribution in [2.45, 2.75) is 19.0 Å². The summed E-state index contributed by atoms with van der Waals surface area (Å²) in [5, 5.41) is 5.70. The Labute approximate surface area is 89.0 Å². The van der Waals surface area contributed by atoms with E-state index < -0.39 is 0 Å². The number of hydrogen-bond donors (Lipinski definition) is 0. The first-order chi connectivity index (χ1) is 6.86. The van der Waals surface area contributed by atoms with Gasteiger partial charge in [0.15, 0.2) is 0 Å². The SMILES string of the molecule is Clc1ccc(C2N3CCCCN23)cc1. The van der Waals surface area contributed by atoms with Crippen molar-refractivity contribution >= 4 is 11.6 Å². The Morgan fingerprint density at radius 2 is 1.57 bits per heavy atom. The van der Waals surface area contributed by atoms with Crippen LogP contribution in [0.5, 0.6) is 0 Å². The molecule has 2 nitrogen and oxygen atoms in total. The van der Waals surface area contributed by atoms with Gasteiger partial charge in [-0.05, 0) is 30.5 Å². The van der Waals surface area contributed by atoms with Gasteiger partial charge in [-0.3, -0.25) is 0 Å². The standard InChI is InChI=1S/C11H13ClN2/c12-10-5-3-9(4-6-10)11-13-7-1-2-8-14(11)13/h3-6,11H,1-2,7-8H2. The average Bonchev–Trinajstić information content (AvgIpc) is 2.93. The fourth-order valence-corrected chi connectivity index (χ4v) is 2.40. The van der Waals surface area contributed by atoms with E-state index in [1.807, 2.05) is 12.1 Å². The van der Waals surface area contributed by atoms with Crippen molar-refractivity contribution in [3.8, 4) is 0 Å². The Morgan fingerprint density at radius 1 is 1.00 bits per heavy atom. The maximum Gasteiger partial charge on any atom is 0.115 e. The molecule has 0 aliphatic carbocycles. The molecule has 0 bridgehead atoms. The van der Waals surface area contributed by atoms with Gasteiger partial charge in [-0.25, -0.2) is 10.0 Å². The van der Waals surface area contributed by atoms with Crippen LogP contribution < -0.4 is 0 Å². The summed E-state index contributed by atoms with van der Waals surface area (Å²) in [6.07, 6.45) is 3.20. The second kappa shape index (κ2) is 3.23. The van der Waals surface area contributed by atoms with Crippen molar-refractivity contribution in [2.75, 3.05) is 13.1 Å². The Morgan fingerprint density at radius 3 is 2.14 bits per heavy atom. The Hall–Kier alpha value is -0.570. The third-order valence-corrected chi connectivity index (χ3v) is 3.28. The highest BCUT2D eigenvalue weighted by molar-refractivity contribution is 6.30. The second-order valence-corrected chi connectivity index (χ2v) is 4.39. The van der Waals surface area contributed by atoms with Gasteiger partial charge in [-0.1, -0.05) is 23.7 Å². The van der Waals surface area contributed by atoms with Crippen molar-refractivity contribution in [3.63, 3.8) is 0 Å². The summed E-state index contributed by atoms with van der Waals surface area (Å²) in [5.41, 5.74) is 1.37. The van der Waals surface area contributed by atoms with Crippen molar-refractivity contribution < 1.29 is 0 Å². The van der Waals surface area contributed by atoms with Gasteiger partial charge in [-0.15, -0.1) is 0 Å². The minimum absolute atomic E-state index is 0.537. The maximum atomic E-state index is 5.86. The molecule has 1 aromatic carbocycles. The number of halogens is 1.